The second-order valence-electron chi connectivity index (χ2n) is 30.2. The number of rotatable bonds is 85. The number of ether oxygens (including phenoxy) is 4. The van der Waals surface area contributed by atoms with Crippen LogP contribution in [0.1, 0.15) is 458 Å². The lowest BCUT2D eigenvalue weighted by molar-refractivity contribution is -0.161. The van der Waals surface area contributed by atoms with E-state index >= 15 is 0 Å². The zero-order chi connectivity index (χ0) is 75.3. The quantitative estimate of drug-likeness (QED) is 0.0222. The average molecular weight is 1510 g/mol. The van der Waals surface area contributed by atoms with Crippen molar-refractivity contribution in [1.82, 2.24) is 0 Å². The molecule has 0 heterocycles. The highest BCUT2D eigenvalue weighted by atomic mass is 31.2. The van der Waals surface area contributed by atoms with Gasteiger partial charge in [0.05, 0.1) is 26.4 Å². The zero-order valence-corrected chi connectivity index (χ0v) is 69.1. The second kappa shape index (κ2) is 78.2. The van der Waals surface area contributed by atoms with E-state index in [-0.39, 0.29) is 25.7 Å². The van der Waals surface area contributed by atoms with Crippen LogP contribution >= 0.6 is 15.6 Å². The SMILES string of the molecule is CCCCCCCCCCCCCCCCCCCCC(=O)O[C@H](COC(=O)CCCCCCCCCCCCCCCCCCC)COP(=O)(O)OC[C@@H](O)COP(=O)(O)OC[C@@H](COC(=O)CCCCCCCCCCCCCC)OC(=O)CCCCCCCCCCCCCCCCCC. The highest BCUT2D eigenvalue weighted by Gasteiger charge is 2.30. The molecule has 0 bridgehead atoms. The topological polar surface area (TPSA) is 237 Å². The number of aliphatic hydroxyl groups excluding tert-OH is 1. The van der Waals surface area contributed by atoms with Gasteiger partial charge in [-0.3, -0.25) is 37.3 Å². The van der Waals surface area contributed by atoms with Crippen LogP contribution in [0.4, 0.5) is 0 Å². The number of carbonyl (C=O) groups is 4. The number of unbranched alkanes of at least 4 members (excludes halogenated alkanes) is 59. The Balaban J connectivity index is 5.25. The number of phosphoric ester groups is 2. The molecule has 19 heteroatoms. The van der Waals surface area contributed by atoms with E-state index in [9.17, 15) is 43.2 Å². The number of phosphoric acid groups is 2. The Labute approximate surface area is 632 Å². The van der Waals surface area contributed by atoms with Crippen LogP contribution in [0.15, 0.2) is 0 Å². The Hall–Kier alpha value is -1.94. The molecule has 0 spiro atoms. The molecule has 0 aliphatic heterocycles. The first kappa shape index (κ1) is 101. The fourth-order valence-corrected chi connectivity index (χ4v) is 14.7. The second-order valence-corrected chi connectivity index (χ2v) is 33.1. The highest BCUT2D eigenvalue weighted by Crippen LogP contribution is 2.45. The van der Waals surface area contributed by atoms with Gasteiger partial charge in [0.1, 0.15) is 19.3 Å². The molecule has 3 N–H and O–H groups in total. The monoisotopic (exact) mass is 1510 g/mol. The highest BCUT2D eigenvalue weighted by molar-refractivity contribution is 7.47. The van der Waals surface area contributed by atoms with Crippen molar-refractivity contribution in [1.29, 1.82) is 0 Å². The molecule has 2 unspecified atom stereocenters. The van der Waals surface area contributed by atoms with Crippen LogP contribution in [-0.4, -0.2) is 96.7 Å². The Morgan fingerprint density at radius 3 is 0.573 bits per heavy atom. The molecular formula is C84H164O17P2. The molecule has 5 atom stereocenters. The molecule has 103 heavy (non-hydrogen) atoms. The third-order valence-electron chi connectivity index (χ3n) is 19.9. The molecule has 0 fully saturated rings. The van der Waals surface area contributed by atoms with Gasteiger partial charge in [-0.1, -0.05) is 407 Å². The van der Waals surface area contributed by atoms with Crippen molar-refractivity contribution >= 4 is 39.5 Å². The first-order valence-electron chi connectivity index (χ1n) is 43.8. The molecule has 0 aromatic rings. The molecule has 17 nitrogen and oxygen atoms in total. The third-order valence-corrected chi connectivity index (χ3v) is 21.8. The summed E-state index contributed by atoms with van der Waals surface area (Å²) in [6, 6.07) is 0. The number of aliphatic hydroxyl groups is 1. The molecule has 0 aliphatic rings. The minimum atomic E-state index is -4.96. The van der Waals surface area contributed by atoms with Crippen molar-refractivity contribution in [2.45, 2.75) is 476 Å². The first-order chi connectivity index (χ1) is 50.2. The minimum absolute atomic E-state index is 0.109. The Morgan fingerprint density at radius 2 is 0.388 bits per heavy atom. The van der Waals surface area contributed by atoms with E-state index in [0.29, 0.717) is 25.7 Å². The van der Waals surface area contributed by atoms with Crippen LogP contribution in [0.5, 0.6) is 0 Å². The van der Waals surface area contributed by atoms with Gasteiger partial charge in [0.15, 0.2) is 12.2 Å². The fraction of sp³-hybridized carbons (Fsp3) is 0.952. The number of hydrogen-bond donors (Lipinski definition) is 3. The van der Waals surface area contributed by atoms with Gasteiger partial charge in [0.25, 0.3) is 0 Å². The van der Waals surface area contributed by atoms with Gasteiger partial charge in [0.2, 0.25) is 0 Å². The maximum Gasteiger partial charge on any atom is 0.472 e. The lowest BCUT2D eigenvalue weighted by atomic mass is 10.0. The van der Waals surface area contributed by atoms with Gasteiger partial charge in [-0.05, 0) is 25.7 Å². The molecule has 0 rings (SSSR count). The molecule has 0 aliphatic carbocycles. The van der Waals surface area contributed by atoms with E-state index in [1.807, 2.05) is 0 Å². The van der Waals surface area contributed by atoms with Crippen molar-refractivity contribution in [2.75, 3.05) is 39.6 Å². The summed E-state index contributed by atoms with van der Waals surface area (Å²) in [4.78, 5) is 73.2. The number of hydrogen-bond acceptors (Lipinski definition) is 15. The Kier molecular flexibility index (Phi) is 76.7. The van der Waals surface area contributed by atoms with E-state index in [2.05, 4.69) is 27.7 Å². The smallest absolute Gasteiger partial charge is 0.462 e. The molecule has 0 aromatic carbocycles. The van der Waals surface area contributed by atoms with Crippen LogP contribution < -0.4 is 0 Å². The summed E-state index contributed by atoms with van der Waals surface area (Å²) in [5.41, 5.74) is 0. The molecule has 0 amide bonds. The number of esters is 4. The van der Waals surface area contributed by atoms with E-state index in [4.69, 9.17) is 37.0 Å². The summed E-state index contributed by atoms with van der Waals surface area (Å²) in [6.07, 6.45) is 72.0. The average Bonchev–Trinajstić information content (AvgIpc) is 0.931. The van der Waals surface area contributed by atoms with Crippen molar-refractivity contribution in [3.05, 3.63) is 0 Å². The summed E-state index contributed by atoms with van der Waals surface area (Å²) < 4.78 is 68.9. The van der Waals surface area contributed by atoms with E-state index in [0.717, 1.165) is 89.9 Å². The van der Waals surface area contributed by atoms with Crippen LogP contribution in [-0.2, 0) is 65.4 Å². The summed E-state index contributed by atoms with van der Waals surface area (Å²) in [6.45, 7) is 5.06. The zero-order valence-electron chi connectivity index (χ0n) is 67.3. The predicted molar refractivity (Wildman–Crippen MR) is 423 cm³/mol. The van der Waals surface area contributed by atoms with Crippen LogP contribution in [0.25, 0.3) is 0 Å². The lowest BCUT2D eigenvalue weighted by Gasteiger charge is -2.21. The Morgan fingerprint density at radius 1 is 0.233 bits per heavy atom. The molecule has 0 saturated carbocycles. The van der Waals surface area contributed by atoms with Gasteiger partial charge in [-0.2, -0.15) is 0 Å². The largest absolute Gasteiger partial charge is 0.472 e. The van der Waals surface area contributed by atoms with Crippen LogP contribution in [0.3, 0.4) is 0 Å². The summed E-state index contributed by atoms with van der Waals surface area (Å²) in [7, 11) is -9.92. The Bertz CT molecular complexity index is 1950. The van der Waals surface area contributed by atoms with E-state index in [1.165, 1.54) is 289 Å². The molecule has 0 aromatic heterocycles. The fourth-order valence-electron chi connectivity index (χ4n) is 13.2. The van der Waals surface area contributed by atoms with Gasteiger partial charge in [-0.15, -0.1) is 0 Å². The van der Waals surface area contributed by atoms with E-state index in [1.54, 1.807) is 0 Å². The van der Waals surface area contributed by atoms with Gasteiger partial charge < -0.3 is 33.8 Å². The molecule has 0 saturated heterocycles. The van der Waals surface area contributed by atoms with Crippen molar-refractivity contribution in [3.8, 4) is 0 Å². The summed E-state index contributed by atoms with van der Waals surface area (Å²) in [5, 5.41) is 10.7. The predicted octanol–water partition coefficient (Wildman–Crippen LogP) is 25.7. The van der Waals surface area contributed by atoms with Gasteiger partial charge >= 0.3 is 39.5 Å². The van der Waals surface area contributed by atoms with E-state index < -0.39 is 97.5 Å². The van der Waals surface area contributed by atoms with Crippen molar-refractivity contribution in [2.24, 2.45) is 0 Å². The van der Waals surface area contributed by atoms with Gasteiger partial charge in [0, 0.05) is 25.7 Å². The molecular weight excluding hydrogens is 1340 g/mol. The van der Waals surface area contributed by atoms with Gasteiger partial charge in [-0.25, -0.2) is 9.13 Å². The third kappa shape index (κ3) is 78.0. The maximum absolute atomic E-state index is 13.1. The standard InChI is InChI=1S/C84H164O17P2/c1-5-9-13-17-21-25-29-33-36-39-41-44-47-51-55-59-63-67-71-84(89)101-80(75-95-82(87)69-65-61-57-53-49-45-43-40-37-34-30-26-22-18-14-10-6-2)77-99-103(92,93)97-73-78(85)72-96-102(90,91)98-76-79(74-94-81(86)68-64-60-56-52-48-32-28-24-20-16-12-8-4)100-83(88)70-66-62-58-54-50-46-42-38-35-31-27-23-19-15-11-7-3/h78-80,85H,5-77H2,1-4H3,(H,90,91)(H,92,93)/t78-,79+,80+/m0/s1. The van der Waals surface area contributed by atoms with Crippen molar-refractivity contribution < 1.29 is 80.2 Å². The first-order valence-corrected chi connectivity index (χ1v) is 46.8. The molecule has 612 valence electrons. The summed E-state index contributed by atoms with van der Waals surface area (Å²) in [5.74, 6) is -2.10. The maximum atomic E-state index is 13.1. The normalized spacial score (nSPS) is 13.7. The number of carbonyl (C=O) groups excluding carboxylic acids is 4. The lowest BCUT2D eigenvalue weighted by Crippen LogP contribution is -2.30. The van der Waals surface area contributed by atoms with Crippen molar-refractivity contribution in [3.63, 3.8) is 0 Å². The summed E-state index contributed by atoms with van der Waals surface area (Å²) >= 11 is 0. The minimum Gasteiger partial charge on any atom is -0.462 e. The molecule has 0 radical (unpaired) electrons. The van der Waals surface area contributed by atoms with Crippen LogP contribution in [0, 0.1) is 0 Å². The van der Waals surface area contributed by atoms with Crippen LogP contribution in [0.2, 0.25) is 0 Å².